The minimum absolute atomic E-state index is 0.0777. The quantitative estimate of drug-likeness (QED) is 0.641. The molecule has 2 aromatic carbocycles. The van der Waals surface area contributed by atoms with Crippen molar-refractivity contribution in [1.29, 1.82) is 0 Å². The predicted molar refractivity (Wildman–Crippen MR) is 85.6 cm³/mol. The molecule has 0 aromatic heterocycles. The van der Waals surface area contributed by atoms with Crippen LogP contribution in [0.25, 0.3) is 0 Å². The van der Waals surface area contributed by atoms with Gasteiger partial charge in [-0.1, -0.05) is 30.3 Å². The molecule has 0 aliphatic carbocycles. The Morgan fingerprint density at radius 1 is 1.17 bits per heavy atom. The van der Waals surface area contributed by atoms with Gasteiger partial charge in [0.2, 0.25) is 0 Å². The van der Waals surface area contributed by atoms with Gasteiger partial charge in [-0.2, -0.15) is 0 Å². The fourth-order valence-electron chi connectivity index (χ4n) is 2.86. The van der Waals surface area contributed by atoms with Crippen molar-refractivity contribution in [2.75, 3.05) is 6.61 Å². The SMILES string of the molecule is CCOC(=O)c1ccc(C2CCC(=O)Oc3ccccc32)cc1. The lowest BCUT2D eigenvalue weighted by molar-refractivity contribution is -0.134. The monoisotopic (exact) mass is 310 g/mol. The van der Waals surface area contributed by atoms with E-state index in [4.69, 9.17) is 9.47 Å². The maximum Gasteiger partial charge on any atom is 0.338 e. The van der Waals surface area contributed by atoms with Crippen LogP contribution in [0.4, 0.5) is 0 Å². The van der Waals surface area contributed by atoms with E-state index in [1.807, 2.05) is 36.4 Å². The molecule has 0 amide bonds. The third-order valence-electron chi connectivity index (χ3n) is 3.98. The second-order valence-corrected chi connectivity index (χ2v) is 5.45. The van der Waals surface area contributed by atoms with Crippen molar-refractivity contribution >= 4 is 11.9 Å². The highest BCUT2D eigenvalue weighted by atomic mass is 16.5. The average Bonchev–Trinajstić information content (AvgIpc) is 2.73. The molecule has 1 aliphatic rings. The summed E-state index contributed by atoms with van der Waals surface area (Å²) in [7, 11) is 0. The summed E-state index contributed by atoms with van der Waals surface area (Å²) in [5.41, 5.74) is 2.59. The zero-order chi connectivity index (χ0) is 16.2. The predicted octanol–water partition coefficient (Wildman–Crippen LogP) is 3.69. The van der Waals surface area contributed by atoms with Crippen molar-refractivity contribution in [2.45, 2.75) is 25.7 Å². The number of rotatable bonds is 3. The third-order valence-corrected chi connectivity index (χ3v) is 3.98. The van der Waals surface area contributed by atoms with E-state index in [9.17, 15) is 9.59 Å². The molecule has 1 heterocycles. The van der Waals surface area contributed by atoms with Crippen LogP contribution in [0.1, 0.15) is 47.2 Å². The molecule has 1 unspecified atom stereocenters. The van der Waals surface area contributed by atoms with Gasteiger partial charge < -0.3 is 9.47 Å². The van der Waals surface area contributed by atoms with Gasteiger partial charge in [0.25, 0.3) is 0 Å². The summed E-state index contributed by atoms with van der Waals surface area (Å²) in [6.45, 7) is 2.14. The van der Waals surface area contributed by atoms with Crippen molar-refractivity contribution in [3.63, 3.8) is 0 Å². The molecule has 3 rings (SSSR count). The molecule has 0 fully saturated rings. The average molecular weight is 310 g/mol. The number of hydrogen-bond donors (Lipinski definition) is 0. The molecule has 1 atom stereocenters. The zero-order valence-electron chi connectivity index (χ0n) is 13.0. The Labute approximate surface area is 135 Å². The zero-order valence-corrected chi connectivity index (χ0v) is 13.0. The van der Waals surface area contributed by atoms with Gasteiger partial charge in [0.15, 0.2) is 0 Å². The van der Waals surface area contributed by atoms with Crippen LogP contribution in [0.3, 0.4) is 0 Å². The van der Waals surface area contributed by atoms with Gasteiger partial charge in [-0.05, 0) is 37.1 Å². The van der Waals surface area contributed by atoms with Crippen LogP contribution in [0.15, 0.2) is 48.5 Å². The largest absolute Gasteiger partial charge is 0.462 e. The molecule has 4 heteroatoms. The maximum absolute atomic E-state index is 11.8. The third kappa shape index (κ3) is 3.26. The Morgan fingerprint density at radius 3 is 2.65 bits per heavy atom. The lowest BCUT2D eigenvalue weighted by Gasteiger charge is -2.17. The van der Waals surface area contributed by atoms with E-state index >= 15 is 0 Å². The molecule has 0 spiro atoms. The van der Waals surface area contributed by atoms with Crippen LogP contribution in [0, 0.1) is 0 Å². The van der Waals surface area contributed by atoms with Crippen molar-refractivity contribution in [3.05, 3.63) is 65.2 Å². The van der Waals surface area contributed by atoms with E-state index in [1.165, 1.54) is 0 Å². The number of fused-ring (bicyclic) bond motifs is 1. The summed E-state index contributed by atoms with van der Waals surface area (Å²) in [6.07, 6.45) is 1.06. The smallest absolute Gasteiger partial charge is 0.338 e. The first-order valence-electron chi connectivity index (χ1n) is 7.75. The Balaban J connectivity index is 1.92. The molecule has 2 aromatic rings. The topological polar surface area (TPSA) is 52.6 Å². The molecule has 0 radical (unpaired) electrons. The van der Waals surface area contributed by atoms with Gasteiger partial charge in [0.1, 0.15) is 5.75 Å². The molecule has 0 saturated heterocycles. The molecule has 0 saturated carbocycles. The Hall–Kier alpha value is -2.62. The second-order valence-electron chi connectivity index (χ2n) is 5.45. The van der Waals surface area contributed by atoms with Crippen LogP contribution in [0.5, 0.6) is 5.75 Å². The first kappa shape index (κ1) is 15.3. The van der Waals surface area contributed by atoms with Crippen LogP contribution in [0.2, 0.25) is 0 Å². The normalized spacial score (nSPS) is 16.9. The highest BCUT2D eigenvalue weighted by molar-refractivity contribution is 5.89. The standard InChI is InChI=1S/C19H18O4/c1-2-22-19(21)14-9-7-13(8-10-14)15-11-12-18(20)23-17-6-4-3-5-16(15)17/h3-10,15H,2,11-12H2,1H3. The number of para-hydroxylation sites is 1. The minimum Gasteiger partial charge on any atom is -0.462 e. The molecular formula is C19H18O4. The second kappa shape index (κ2) is 6.65. The van der Waals surface area contributed by atoms with Gasteiger partial charge >= 0.3 is 11.9 Å². The summed E-state index contributed by atoms with van der Waals surface area (Å²) in [5, 5.41) is 0. The lowest BCUT2D eigenvalue weighted by Crippen LogP contribution is -2.06. The number of esters is 2. The van der Waals surface area contributed by atoms with Crippen LogP contribution in [-0.4, -0.2) is 18.5 Å². The van der Waals surface area contributed by atoms with Crippen LogP contribution in [-0.2, 0) is 9.53 Å². The highest BCUT2D eigenvalue weighted by Crippen LogP contribution is 2.37. The summed E-state index contributed by atoms with van der Waals surface area (Å²) in [6, 6.07) is 15.0. The molecule has 0 N–H and O–H groups in total. The van der Waals surface area contributed by atoms with E-state index < -0.39 is 0 Å². The summed E-state index contributed by atoms with van der Waals surface area (Å²) in [4.78, 5) is 23.5. The summed E-state index contributed by atoms with van der Waals surface area (Å²) >= 11 is 0. The van der Waals surface area contributed by atoms with Gasteiger partial charge in [-0.15, -0.1) is 0 Å². The summed E-state index contributed by atoms with van der Waals surface area (Å²) < 4.78 is 10.4. The van der Waals surface area contributed by atoms with E-state index in [0.29, 0.717) is 30.8 Å². The number of hydrogen-bond acceptors (Lipinski definition) is 4. The number of ether oxygens (including phenoxy) is 2. The molecule has 1 aliphatic heterocycles. The van der Waals surface area contributed by atoms with Crippen LogP contribution >= 0.6 is 0 Å². The van der Waals surface area contributed by atoms with Crippen LogP contribution < -0.4 is 4.74 Å². The molecule has 118 valence electrons. The summed E-state index contributed by atoms with van der Waals surface area (Å²) in [5.74, 6) is 0.172. The first-order valence-corrected chi connectivity index (χ1v) is 7.75. The van der Waals surface area contributed by atoms with Gasteiger partial charge in [-0.3, -0.25) is 4.79 Å². The fraction of sp³-hybridized carbons (Fsp3) is 0.263. The maximum atomic E-state index is 11.8. The van der Waals surface area contributed by atoms with Crippen molar-refractivity contribution in [1.82, 2.24) is 0 Å². The lowest BCUT2D eigenvalue weighted by atomic mass is 9.87. The van der Waals surface area contributed by atoms with Crippen molar-refractivity contribution < 1.29 is 19.1 Å². The number of carbonyl (C=O) groups excluding carboxylic acids is 2. The van der Waals surface area contributed by atoms with Crippen molar-refractivity contribution in [2.24, 2.45) is 0 Å². The van der Waals surface area contributed by atoms with Gasteiger partial charge in [-0.25, -0.2) is 4.79 Å². The molecular weight excluding hydrogens is 292 g/mol. The Morgan fingerprint density at radius 2 is 1.91 bits per heavy atom. The number of carbonyl (C=O) groups is 2. The van der Waals surface area contributed by atoms with Gasteiger partial charge in [0.05, 0.1) is 12.2 Å². The fourth-order valence-corrected chi connectivity index (χ4v) is 2.86. The Kier molecular flexibility index (Phi) is 4.42. The minimum atomic E-state index is -0.321. The highest BCUT2D eigenvalue weighted by Gasteiger charge is 2.24. The molecule has 4 nitrogen and oxygen atoms in total. The molecule has 23 heavy (non-hydrogen) atoms. The Bertz CT molecular complexity index is 718. The van der Waals surface area contributed by atoms with E-state index in [-0.39, 0.29) is 17.9 Å². The van der Waals surface area contributed by atoms with E-state index in [0.717, 1.165) is 11.1 Å². The van der Waals surface area contributed by atoms with Crippen molar-refractivity contribution in [3.8, 4) is 5.75 Å². The molecule has 0 bridgehead atoms. The first-order chi connectivity index (χ1) is 11.2. The number of benzene rings is 2. The van der Waals surface area contributed by atoms with E-state index in [1.54, 1.807) is 19.1 Å². The van der Waals surface area contributed by atoms with Gasteiger partial charge in [0, 0.05) is 17.9 Å². The van der Waals surface area contributed by atoms with E-state index in [2.05, 4.69) is 0 Å².